The first kappa shape index (κ1) is 53.0. The number of ether oxygens (including phenoxy) is 5. The summed E-state index contributed by atoms with van der Waals surface area (Å²) in [5.74, 6) is 0. The first-order valence-corrected chi connectivity index (χ1v) is 21.4. The maximum Gasteiger partial charge on any atom is 0.407 e. The molecule has 3 fully saturated rings. The van der Waals surface area contributed by atoms with Crippen LogP contribution < -0.4 is 22.1 Å². The molecule has 3 aliphatic rings. The number of nitrogen functional groups attached to an aromatic ring is 1. The molecule has 3 aromatic rings. The Labute approximate surface area is 379 Å². The summed E-state index contributed by atoms with van der Waals surface area (Å²) >= 11 is 0. The number of alkyl halides is 3. The van der Waals surface area contributed by atoms with Crippen LogP contribution in [-0.4, -0.2) is 119 Å². The number of halogens is 3. The van der Waals surface area contributed by atoms with E-state index < -0.39 is 82.1 Å². The number of nitrogens with one attached hydrogen (secondary N) is 2. The van der Waals surface area contributed by atoms with Crippen molar-refractivity contribution in [3.8, 4) is 0 Å². The number of nitro groups is 2. The Kier molecular flexibility index (Phi) is 18.3. The van der Waals surface area contributed by atoms with Crippen molar-refractivity contribution < 1.29 is 56.3 Å². The van der Waals surface area contributed by atoms with Gasteiger partial charge in [-0.15, -0.1) is 0 Å². The topological polar surface area (TPSA) is 296 Å². The molecule has 0 bridgehead atoms. The Morgan fingerprint density at radius 2 is 1.00 bits per heavy atom. The largest absolute Gasteiger partial charge is 0.444 e. The van der Waals surface area contributed by atoms with Gasteiger partial charge in [0, 0.05) is 27.2 Å². The molecular formula is C40H63F3N12O11. The number of hydrogen-bond acceptors (Lipinski definition) is 16. The summed E-state index contributed by atoms with van der Waals surface area (Å²) in [5, 5.41) is 38.9. The number of carbonyl (C=O) groups excluding carboxylic acids is 2. The highest BCUT2D eigenvalue weighted by Gasteiger charge is 2.37. The molecule has 370 valence electrons. The number of alkyl carbamates (subject to hydrolysis) is 2. The highest BCUT2D eigenvalue weighted by Crippen LogP contribution is 2.35. The lowest BCUT2D eigenvalue weighted by Crippen LogP contribution is -2.44. The molecule has 0 spiro atoms. The zero-order valence-corrected chi connectivity index (χ0v) is 38.6. The molecule has 0 radical (unpaired) electrons. The van der Waals surface area contributed by atoms with Crippen molar-refractivity contribution in [3.63, 3.8) is 0 Å². The van der Waals surface area contributed by atoms with E-state index in [9.17, 15) is 43.0 Å². The SMILES string of the molecule is Cn1ncc(N)c1C1CC[C@@H](NC(=O)OC(C)(C)C)[C@H](F)CO1.Cn1ncc([N+](=O)[O-])c1C1CC[C@@H](N)[C@H](F)CO1.Cn1ncc([N+](=O)[O-])c1C1CC[C@@H](NC(=O)OC(C)(C)C)[C@H](F)CO1. The molecule has 2 amide bonds. The Morgan fingerprint density at radius 3 is 1.36 bits per heavy atom. The van der Waals surface area contributed by atoms with Crippen molar-refractivity contribution in [1.82, 2.24) is 40.0 Å². The van der Waals surface area contributed by atoms with Gasteiger partial charge in [-0.2, -0.15) is 15.3 Å². The minimum Gasteiger partial charge on any atom is -0.444 e. The number of anilines is 1. The molecule has 3 aromatic heterocycles. The average molecular weight is 945 g/mol. The quantitative estimate of drug-likeness (QED) is 0.172. The van der Waals surface area contributed by atoms with Crippen LogP contribution in [0.2, 0.25) is 0 Å². The summed E-state index contributed by atoms with van der Waals surface area (Å²) in [7, 11) is 4.94. The lowest BCUT2D eigenvalue weighted by Gasteiger charge is -2.24. The van der Waals surface area contributed by atoms with Crippen LogP contribution in [0.4, 0.5) is 39.8 Å². The third-order valence-electron chi connectivity index (χ3n) is 10.6. The van der Waals surface area contributed by atoms with Crippen LogP contribution in [0.5, 0.6) is 0 Å². The van der Waals surface area contributed by atoms with Crippen molar-refractivity contribution >= 4 is 29.2 Å². The monoisotopic (exact) mass is 944 g/mol. The summed E-state index contributed by atoms with van der Waals surface area (Å²) in [6.45, 7) is 9.88. The zero-order chi connectivity index (χ0) is 49.3. The highest BCUT2D eigenvalue weighted by molar-refractivity contribution is 5.68. The molecule has 3 aliphatic heterocycles. The summed E-state index contributed by atoms with van der Waals surface area (Å²) < 4.78 is 73.2. The van der Waals surface area contributed by atoms with Crippen molar-refractivity contribution in [2.45, 2.75) is 146 Å². The molecular weight excluding hydrogens is 882 g/mol. The Bertz CT molecular complexity index is 2080. The van der Waals surface area contributed by atoms with Gasteiger partial charge in [0.25, 0.3) is 0 Å². The predicted molar refractivity (Wildman–Crippen MR) is 230 cm³/mol. The maximum absolute atomic E-state index is 14.3. The molecule has 9 atom stereocenters. The molecule has 6 N–H and O–H groups in total. The van der Waals surface area contributed by atoms with Crippen molar-refractivity contribution in [2.24, 2.45) is 26.9 Å². The number of hydrogen-bond donors (Lipinski definition) is 4. The van der Waals surface area contributed by atoms with E-state index in [1.54, 1.807) is 73.6 Å². The molecule has 3 unspecified atom stereocenters. The lowest BCUT2D eigenvalue weighted by molar-refractivity contribution is -0.386. The molecule has 0 aliphatic carbocycles. The van der Waals surface area contributed by atoms with Crippen LogP contribution in [-0.2, 0) is 44.8 Å². The normalized spacial score (nSPS) is 26.1. The van der Waals surface area contributed by atoms with E-state index >= 15 is 0 Å². The Hall–Kier alpha value is -5.60. The fourth-order valence-corrected chi connectivity index (χ4v) is 7.43. The first-order chi connectivity index (χ1) is 30.8. The van der Waals surface area contributed by atoms with E-state index in [1.807, 2.05) is 0 Å². The molecule has 0 saturated carbocycles. The van der Waals surface area contributed by atoms with Crippen LogP contribution in [0.1, 0.15) is 115 Å². The van der Waals surface area contributed by atoms with Gasteiger partial charge in [-0.1, -0.05) is 0 Å². The minimum absolute atomic E-state index is 0.103. The van der Waals surface area contributed by atoms with Gasteiger partial charge in [0.15, 0.2) is 0 Å². The number of amides is 2. The van der Waals surface area contributed by atoms with E-state index in [2.05, 4.69) is 25.9 Å². The standard InChI is InChI=1S/C15H23FN4O5.C15H25FN4O3.C10H15FN4O3/c1-15(2,3)25-14(21)18-10-5-6-12(24-8-9(10)16)13-11(20(22)23)7-17-19(13)4;1-15(2,3)23-14(21)19-11-5-6-12(22-8-9(11)16)13-10(17)7-18-20(13)4;1-14-10(8(4-13-14)15(16)17)9-3-2-7(12)6(11)5-18-9/h7,9-10,12H,5-6,8H2,1-4H3,(H,18,21);7,9,11-12H,5-6,8,17H2,1-4H3,(H,19,21);4,6-7,9H,2-3,5,12H2,1H3/t9-,10-,12?;9-,11-,12?;6-,7-,9?/m111/s1. The maximum atomic E-state index is 14.3. The zero-order valence-electron chi connectivity index (χ0n) is 38.6. The summed E-state index contributed by atoms with van der Waals surface area (Å²) in [6, 6.07) is -2.02. The number of rotatable bonds is 7. The Morgan fingerprint density at radius 1 is 0.652 bits per heavy atom. The summed E-state index contributed by atoms with van der Waals surface area (Å²) in [5.41, 5.74) is 11.8. The average Bonchev–Trinajstić information content (AvgIpc) is 3.77. The second-order valence-corrected chi connectivity index (χ2v) is 18.1. The lowest BCUT2D eigenvalue weighted by atomic mass is 10.0. The summed E-state index contributed by atoms with van der Waals surface area (Å²) in [6.07, 6.45) is -0.586. The minimum atomic E-state index is -1.44. The summed E-state index contributed by atoms with van der Waals surface area (Å²) in [4.78, 5) is 44.6. The van der Waals surface area contributed by atoms with Gasteiger partial charge in [0.2, 0.25) is 0 Å². The van der Waals surface area contributed by atoms with Crippen LogP contribution in [0.15, 0.2) is 18.6 Å². The van der Waals surface area contributed by atoms with Crippen molar-refractivity contribution in [1.29, 1.82) is 0 Å². The fraction of sp³-hybridized carbons (Fsp3) is 0.725. The van der Waals surface area contributed by atoms with Crippen LogP contribution in [0.25, 0.3) is 0 Å². The van der Waals surface area contributed by atoms with E-state index in [0.29, 0.717) is 43.5 Å². The molecule has 6 heterocycles. The number of nitrogens with zero attached hydrogens (tertiary/aromatic N) is 8. The first-order valence-electron chi connectivity index (χ1n) is 21.4. The third kappa shape index (κ3) is 15.0. The highest BCUT2D eigenvalue weighted by atomic mass is 19.1. The van der Waals surface area contributed by atoms with E-state index in [4.69, 9.17) is 35.2 Å². The molecule has 66 heavy (non-hydrogen) atoms. The van der Waals surface area contributed by atoms with E-state index in [0.717, 1.165) is 11.9 Å². The molecule has 6 rings (SSSR count). The number of aromatic nitrogens is 6. The third-order valence-corrected chi connectivity index (χ3v) is 10.6. The van der Waals surface area contributed by atoms with Gasteiger partial charge < -0.3 is 45.8 Å². The van der Waals surface area contributed by atoms with Crippen molar-refractivity contribution in [2.75, 3.05) is 25.6 Å². The van der Waals surface area contributed by atoms with Gasteiger partial charge >= 0.3 is 23.6 Å². The molecule has 26 heteroatoms. The van der Waals surface area contributed by atoms with Gasteiger partial charge in [-0.05, 0) is 80.1 Å². The second kappa shape index (κ2) is 22.7. The van der Waals surface area contributed by atoms with Crippen LogP contribution in [0, 0.1) is 20.2 Å². The van der Waals surface area contributed by atoms with E-state index in [-0.39, 0.29) is 49.4 Å². The molecule has 3 saturated heterocycles. The van der Waals surface area contributed by atoms with Gasteiger partial charge in [0.05, 0.1) is 59.3 Å². The molecule has 0 aromatic carbocycles. The van der Waals surface area contributed by atoms with Gasteiger partial charge in [-0.3, -0.25) is 34.3 Å². The van der Waals surface area contributed by atoms with Gasteiger partial charge in [-0.25, -0.2) is 22.8 Å². The van der Waals surface area contributed by atoms with Crippen molar-refractivity contribution in [3.05, 3.63) is 55.9 Å². The second-order valence-electron chi connectivity index (χ2n) is 18.1. The smallest absolute Gasteiger partial charge is 0.407 e. The van der Waals surface area contributed by atoms with Crippen LogP contribution in [0.3, 0.4) is 0 Å². The van der Waals surface area contributed by atoms with Gasteiger partial charge in [0.1, 0.15) is 71.8 Å². The Balaban J connectivity index is 0.000000219. The van der Waals surface area contributed by atoms with E-state index in [1.165, 1.54) is 15.6 Å². The van der Waals surface area contributed by atoms with Crippen LogP contribution >= 0.6 is 0 Å². The number of aryl methyl sites for hydroxylation is 3. The number of nitrogens with two attached hydrogens (primary N) is 2. The fourth-order valence-electron chi connectivity index (χ4n) is 7.43. The molecule has 23 nitrogen and oxygen atoms in total. The predicted octanol–water partition coefficient (Wildman–Crippen LogP) is 5.34. The number of carbonyl (C=O) groups is 2.